The molecule has 1 saturated heterocycles. The highest BCUT2D eigenvalue weighted by molar-refractivity contribution is 7.89. The molecular weight excluding hydrogens is 244 g/mol. The number of rotatable bonds is 4. The van der Waals surface area contributed by atoms with E-state index in [9.17, 15) is 13.2 Å². The number of sulfonamides is 1. The van der Waals surface area contributed by atoms with E-state index in [1.165, 1.54) is 4.31 Å². The fraction of sp³-hybridized carbons (Fsp3) is 0.900. The minimum absolute atomic E-state index is 0.128. The van der Waals surface area contributed by atoms with Crippen LogP contribution in [0.15, 0.2) is 0 Å². The van der Waals surface area contributed by atoms with E-state index >= 15 is 0 Å². The van der Waals surface area contributed by atoms with Crippen molar-refractivity contribution in [3.8, 4) is 0 Å². The van der Waals surface area contributed by atoms with E-state index in [2.05, 4.69) is 0 Å². The summed E-state index contributed by atoms with van der Waals surface area (Å²) >= 11 is 0. The molecule has 0 aromatic heterocycles. The molecule has 98 valence electrons. The number of carbonyl (C=O) groups is 1. The number of ether oxygens (including phenoxy) is 1. The van der Waals surface area contributed by atoms with Gasteiger partial charge in [-0.25, -0.2) is 8.42 Å². The van der Waals surface area contributed by atoms with Crippen molar-refractivity contribution >= 4 is 15.9 Å². The van der Waals surface area contributed by atoms with Crippen LogP contribution < -0.4 is 5.73 Å². The van der Waals surface area contributed by atoms with Crippen molar-refractivity contribution < 1.29 is 17.9 Å². The van der Waals surface area contributed by atoms with Crippen LogP contribution in [0.5, 0.6) is 0 Å². The smallest absolute Gasteiger partial charge is 0.238 e. The molecular formula is C10H18N2O4S. The van der Waals surface area contributed by atoms with Crippen molar-refractivity contribution in [1.29, 1.82) is 0 Å². The second kappa shape index (κ2) is 4.55. The number of hydrogen-bond donors (Lipinski definition) is 1. The number of primary amides is 1. The SMILES string of the molecule is C[C@H]1OCCN(S(=O)(=O)CC2CC2)[C@@H]1C(N)=O. The minimum atomic E-state index is -3.39. The van der Waals surface area contributed by atoms with Gasteiger partial charge in [-0.3, -0.25) is 4.79 Å². The zero-order chi connectivity index (χ0) is 12.6. The summed E-state index contributed by atoms with van der Waals surface area (Å²) in [5.41, 5.74) is 5.27. The third kappa shape index (κ3) is 2.78. The van der Waals surface area contributed by atoms with Crippen molar-refractivity contribution in [3.63, 3.8) is 0 Å². The summed E-state index contributed by atoms with van der Waals surface area (Å²) in [6.45, 7) is 2.20. The van der Waals surface area contributed by atoms with Gasteiger partial charge in [-0.15, -0.1) is 0 Å². The van der Waals surface area contributed by atoms with E-state index in [1.54, 1.807) is 6.92 Å². The molecule has 0 unspecified atom stereocenters. The predicted molar refractivity (Wildman–Crippen MR) is 61.6 cm³/mol. The van der Waals surface area contributed by atoms with Crippen LogP contribution in [0.1, 0.15) is 19.8 Å². The molecule has 0 radical (unpaired) electrons. The maximum absolute atomic E-state index is 12.2. The molecule has 1 aliphatic heterocycles. The van der Waals surface area contributed by atoms with Crippen LogP contribution in [-0.4, -0.2) is 49.7 Å². The number of nitrogens with two attached hydrogens (primary N) is 1. The Morgan fingerprint density at radius 1 is 1.47 bits per heavy atom. The highest BCUT2D eigenvalue weighted by atomic mass is 32.2. The summed E-state index contributed by atoms with van der Waals surface area (Å²) in [5.74, 6) is -0.257. The molecule has 1 amide bonds. The monoisotopic (exact) mass is 262 g/mol. The van der Waals surface area contributed by atoms with Gasteiger partial charge in [-0.2, -0.15) is 4.31 Å². The van der Waals surface area contributed by atoms with Crippen molar-refractivity contribution in [2.75, 3.05) is 18.9 Å². The fourth-order valence-corrected chi connectivity index (χ4v) is 4.25. The minimum Gasteiger partial charge on any atom is -0.375 e. The van der Waals surface area contributed by atoms with Gasteiger partial charge in [-0.1, -0.05) is 0 Å². The largest absolute Gasteiger partial charge is 0.375 e. The van der Waals surface area contributed by atoms with E-state index in [1.807, 2.05) is 0 Å². The number of amides is 1. The Balaban J connectivity index is 2.18. The zero-order valence-corrected chi connectivity index (χ0v) is 10.6. The van der Waals surface area contributed by atoms with Crippen LogP contribution in [0.3, 0.4) is 0 Å². The summed E-state index contributed by atoms with van der Waals surface area (Å²) in [5, 5.41) is 0. The maximum atomic E-state index is 12.2. The highest BCUT2D eigenvalue weighted by Gasteiger charge is 2.42. The summed E-state index contributed by atoms with van der Waals surface area (Å²) in [6, 6.07) is -0.868. The van der Waals surface area contributed by atoms with E-state index in [-0.39, 0.29) is 18.2 Å². The number of nitrogens with zero attached hydrogens (tertiary/aromatic N) is 1. The first-order chi connectivity index (χ1) is 7.92. The highest BCUT2D eigenvalue weighted by Crippen LogP contribution is 2.32. The molecule has 17 heavy (non-hydrogen) atoms. The fourth-order valence-electron chi connectivity index (χ4n) is 2.16. The molecule has 1 heterocycles. The van der Waals surface area contributed by atoms with E-state index in [0.29, 0.717) is 6.61 Å². The number of carbonyl (C=O) groups excluding carboxylic acids is 1. The lowest BCUT2D eigenvalue weighted by Gasteiger charge is -2.36. The van der Waals surface area contributed by atoms with Crippen LogP contribution >= 0.6 is 0 Å². The maximum Gasteiger partial charge on any atom is 0.238 e. The van der Waals surface area contributed by atoms with Gasteiger partial charge in [0.1, 0.15) is 6.04 Å². The van der Waals surface area contributed by atoms with Crippen molar-refractivity contribution in [2.24, 2.45) is 11.7 Å². The number of hydrogen-bond acceptors (Lipinski definition) is 4. The number of morpholine rings is 1. The predicted octanol–water partition coefficient (Wildman–Crippen LogP) is -0.699. The van der Waals surface area contributed by atoms with Crippen molar-refractivity contribution in [2.45, 2.75) is 31.9 Å². The Hall–Kier alpha value is -0.660. The van der Waals surface area contributed by atoms with Crippen LogP contribution in [0.2, 0.25) is 0 Å². The van der Waals surface area contributed by atoms with E-state index in [4.69, 9.17) is 10.5 Å². The summed E-state index contributed by atoms with van der Waals surface area (Å²) in [4.78, 5) is 11.4. The molecule has 0 aromatic carbocycles. The van der Waals surface area contributed by atoms with Gasteiger partial charge in [-0.05, 0) is 25.7 Å². The average molecular weight is 262 g/mol. The molecule has 7 heteroatoms. The topological polar surface area (TPSA) is 89.7 Å². The van der Waals surface area contributed by atoms with Crippen LogP contribution in [-0.2, 0) is 19.6 Å². The van der Waals surface area contributed by atoms with Crippen LogP contribution in [0.4, 0.5) is 0 Å². The summed E-state index contributed by atoms with van der Waals surface area (Å²) in [6.07, 6.45) is 1.44. The van der Waals surface area contributed by atoms with Gasteiger partial charge >= 0.3 is 0 Å². The first kappa shape index (κ1) is 12.8. The quantitative estimate of drug-likeness (QED) is 0.725. The second-order valence-corrected chi connectivity index (χ2v) is 6.72. The first-order valence-corrected chi connectivity index (χ1v) is 7.43. The molecule has 0 bridgehead atoms. The van der Waals surface area contributed by atoms with Crippen molar-refractivity contribution in [1.82, 2.24) is 4.31 Å². The zero-order valence-electron chi connectivity index (χ0n) is 9.83. The molecule has 2 aliphatic rings. The average Bonchev–Trinajstić information content (AvgIpc) is 3.00. The first-order valence-electron chi connectivity index (χ1n) is 5.82. The summed E-state index contributed by atoms with van der Waals surface area (Å²) in [7, 11) is -3.39. The molecule has 2 rings (SSSR count). The molecule has 1 saturated carbocycles. The molecule has 0 spiro atoms. The third-order valence-electron chi connectivity index (χ3n) is 3.24. The summed E-state index contributed by atoms with van der Waals surface area (Å²) < 4.78 is 30.8. The molecule has 2 fully saturated rings. The Bertz CT molecular complexity index is 405. The molecule has 2 N–H and O–H groups in total. The van der Waals surface area contributed by atoms with Gasteiger partial charge < -0.3 is 10.5 Å². The third-order valence-corrected chi connectivity index (χ3v) is 5.26. The Morgan fingerprint density at radius 3 is 2.65 bits per heavy atom. The van der Waals surface area contributed by atoms with E-state index in [0.717, 1.165) is 12.8 Å². The van der Waals surface area contributed by atoms with Gasteiger partial charge in [0.25, 0.3) is 0 Å². The van der Waals surface area contributed by atoms with Crippen LogP contribution in [0.25, 0.3) is 0 Å². The van der Waals surface area contributed by atoms with Gasteiger partial charge in [0.2, 0.25) is 15.9 Å². The normalized spacial score (nSPS) is 31.4. The van der Waals surface area contributed by atoms with Gasteiger partial charge in [0.05, 0.1) is 18.5 Å². The molecule has 1 aliphatic carbocycles. The Labute approximate surface area is 101 Å². The lowest BCUT2D eigenvalue weighted by molar-refractivity contribution is -0.130. The molecule has 6 nitrogen and oxygen atoms in total. The van der Waals surface area contributed by atoms with Crippen molar-refractivity contribution in [3.05, 3.63) is 0 Å². The van der Waals surface area contributed by atoms with Gasteiger partial charge in [0.15, 0.2) is 0 Å². The van der Waals surface area contributed by atoms with Gasteiger partial charge in [0, 0.05) is 6.54 Å². The molecule has 2 atom stereocenters. The lowest BCUT2D eigenvalue weighted by Crippen LogP contribution is -2.58. The van der Waals surface area contributed by atoms with E-state index < -0.39 is 28.1 Å². The standard InChI is InChI=1S/C10H18N2O4S/c1-7-9(10(11)13)12(4-5-16-7)17(14,15)6-8-2-3-8/h7-9H,2-6H2,1H3,(H2,11,13)/t7-,9+/m1/s1. The second-order valence-electron chi connectivity index (χ2n) is 4.76. The lowest BCUT2D eigenvalue weighted by atomic mass is 10.1. The Morgan fingerprint density at radius 2 is 2.12 bits per heavy atom. The molecule has 0 aromatic rings. The van der Waals surface area contributed by atoms with Crippen LogP contribution in [0, 0.1) is 5.92 Å². The Kier molecular flexibility index (Phi) is 3.42.